The average molecular weight is 720 g/mol. The molecule has 2 N–H and O–H groups in total. The van der Waals surface area contributed by atoms with Crippen molar-refractivity contribution < 1.29 is 43.0 Å². The standard InChI is InChI=1S/C38H66BN3O9/c1-14-27-16-19-41(23-26(27)3)32(44)36(9,10)48-25-38(13)37(11,12)50-39(51-38)30(47-21-18-40-33(45)49-34(4,5)6)22-29-24-42(20-17-28(29)15-2)31(43)35(7,8)46/h30,46H,14-25H2,1-13H3,(H,40,45). The number of nitrogens with one attached hydrogen (secondary N) is 1. The number of hydrogen-bond donors (Lipinski definition) is 2. The van der Waals surface area contributed by atoms with Gasteiger partial charge in [0.25, 0.3) is 11.8 Å². The Hall–Kier alpha value is -2.45. The monoisotopic (exact) mass is 719 g/mol. The van der Waals surface area contributed by atoms with Gasteiger partial charge < -0.3 is 43.7 Å². The largest absolute Gasteiger partial charge is 0.489 e. The quantitative estimate of drug-likeness (QED) is 0.138. The van der Waals surface area contributed by atoms with Gasteiger partial charge in [-0.15, -0.1) is 0 Å². The molecule has 2 unspecified atom stereocenters. The number of alkyl carbamates (subject to hydrolysis) is 1. The fraction of sp³-hybridized carbons (Fsp3) is 0.816. The summed E-state index contributed by atoms with van der Waals surface area (Å²) in [6.07, 6.45) is 3.25. The van der Waals surface area contributed by atoms with Gasteiger partial charge in [-0.1, -0.05) is 30.6 Å². The Morgan fingerprint density at radius 3 is 2.04 bits per heavy atom. The molecule has 0 spiro atoms. The molecule has 0 aromatic carbocycles. The Bertz CT molecular complexity index is 1330. The number of rotatable bonds is 14. The van der Waals surface area contributed by atoms with Gasteiger partial charge in [-0.2, -0.15) is 0 Å². The van der Waals surface area contributed by atoms with Gasteiger partial charge >= 0.3 is 13.2 Å². The maximum Gasteiger partial charge on any atom is 0.489 e. The zero-order chi connectivity index (χ0) is 38.6. The highest BCUT2D eigenvalue weighted by molar-refractivity contribution is 6.47. The number of ether oxygens (including phenoxy) is 3. The minimum atomic E-state index is -1.49. The van der Waals surface area contributed by atoms with Crippen LogP contribution < -0.4 is 5.32 Å². The van der Waals surface area contributed by atoms with E-state index in [2.05, 4.69) is 26.1 Å². The molecule has 2 atom stereocenters. The second-order valence-electron chi connectivity index (χ2n) is 17.0. The maximum atomic E-state index is 13.7. The number of carbonyl (C=O) groups excluding carboxylic acids is 3. The fourth-order valence-corrected chi connectivity index (χ4v) is 6.79. The molecule has 3 rings (SSSR count). The lowest BCUT2D eigenvalue weighted by molar-refractivity contribution is -0.165. The van der Waals surface area contributed by atoms with Crippen LogP contribution in [0.3, 0.4) is 0 Å². The van der Waals surface area contributed by atoms with Crippen LogP contribution in [0.4, 0.5) is 4.79 Å². The molecule has 0 aromatic rings. The van der Waals surface area contributed by atoms with E-state index in [1.165, 1.54) is 30.6 Å². The number of carbonyl (C=O) groups is 3. The number of amides is 3. The van der Waals surface area contributed by atoms with Crippen molar-refractivity contribution >= 4 is 25.0 Å². The predicted molar refractivity (Wildman–Crippen MR) is 198 cm³/mol. The highest BCUT2D eigenvalue weighted by Crippen LogP contribution is 2.41. The van der Waals surface area contributed by atoms with Crippen LogP contribution in [0.2, 0.25) is 0 Å². The molecule has 51 heavy (non-hydrogen) atoms. The minimum Gasteiger partial charge on any atom is -0.444 e. The third-order valence-corrected chi connectivity index (χ3v) is 10.4. The molecule has 13 heteroatoms. The second kappa shape index (κ2) is 16.7. The lowest BCUT2D eigenvalue weighted by atomic mass is 9.75. The van der Waals surface area contributed by atoms with E-state index in [-0.39, 0.29) is 31.6 Å². The molecule has 3 aliphatic heterocycles. The van der Waals surface area contributed by atoms with Crippen molar-refractivity contribution in [2.75, 3.05) is 45.9 Å². The maximum absolute atomic E-state index is 13.7. The highest BCUT2D eigenvalue weighted by Gasteiger charge is 2.58. The molecular weight excluding hydrogens is 653 g/mol. The fourth-order valence-electron chi connectivity index (χ4n) is 6.79. The zero-order valence-electron chi connectivity index (χ0n) is 33.7. The first-order valence-electron chi connectivity index (χ1n) is 18.7. The van der Waals surface area contributed by atoms with Crippen LogP contribution in [0.5, 0.6) is 0 Å². The number of hydrogen-bond acceptors (Lipinski definition) is 9. The van der Waals surface area contributed by atoms with E-state index in [1.807, 2.05) is 25.7 Å². The van der Waals surface area contributed by atoms with Crippen LogP contribution >= 0.6 is 0 Å². The normalized spacial score (nSPS) is 22.4. The van der Waals surface area contributed by atoms with Gasteiger partial charge in [0.2, 0.25) is 0 Å². The van der Waals surface area contributed by atoms with Crippen LogP contribution in [0.15, 0.2) is 22.3 Å². The van der Waals surface area contributed by atoms with Crippen molar-refractivity contribution in [2.24, 2.45) is 0 Å². The summed E-state index contributed by atoms with van der Waals surface area (Å²) in [7, 11) is -0.817. The third kappa shape index (κ3) is 11.3. The van der Waals surface area contributed by atoms with Crippen molar-refractivity contribution in [3.8, 4) is 0 Å². The van der Waals surface area contributed by atoms with Gasteiger partial charge in [0, 0.05) is 32.7 Å². The molecule has 1 saturated heterocycles. The van der Waals surface area contributed by atoms with Crippen LogP contribution in [0, 0.1) is 0 Å². The van der Waals surface area contributed by atoms with Crippen LogP contribution in [-0.4, -0.2) is 120 Å². The Kier molecular flexibility index (Phi) is 14.1. The topological polar surface area (TPSA) is 136 Å². The molecule has 3 aliphatic rings. The molecule has 0 bridgehead atoms. The summed E-state index contributed by atoms with van der Waals surface area (Å²) < 4.78 is 31.5. The Morgan fingerprint density at radius 1 is 0.902 bits per heavy atom. The Labute approximate surface area is 307 Å². The molecule has 3 heterocycles. The van der Waals surface area contributed by atoms with E-state index in [4.69, 9.17) is 23.5 Å². The van der Waals surface area contributed by atoms with Crippen LogP contribution in [-0.2, 0) is 33.1 Å². The van der Waals surface area contributed by atoms with Gasteiger partial charge in [0.15, 0.2) is 0 Å². The van der Waals surface area contributed by atoms with Crippen molar-refractivity contribution in [2.45, 2.75) is 156 Å². The van der Waals surface area contributed by atoms with Gasteiger partial charge in [0.1, 0.15) is 22.4 Å². The molecule has 290 valence electrons. The van der Waals surface area contributed by atoms with Crippen molar-refractivity contribution in [1.29, 1.82) is 0 Å². The van der Waals surface area contributed by atoms with E-state index in [0.29, 0.717) is 39.0 Å². The molecule has 3 amide bonds. The van der Waals surface area contributed by atoms with E-state index in [1.54, 1.807) is 39.5 Å². The molecule has 1 fully saturated rings. The summed E-state index contributed by atoms with van der Waals surface area (Å²) >= 11 is 0. The SMILES string of the molecule is CCC1=C(C)CN(C(=O)C(C)(C)OCC2(C)OB(C(CC3=C(CC)CCN(C(=O)C(C)(C)O)C3)OCCNC(=O)OC(C)(C)C)OC2(C)C)CC1. The first kappa shape index (κ1) is 43.0. The number of aliphatic hydroxyl groups is 1. The smallest absolute Gasteiger partial charge is 0.444 e. The molecule has 0 saturated carbocycles. The molecular formula is C38H66BN3O9. The summed E-state index contributed by atoms with van der Waals surface area (Å²) in [6.45, 7) is 26.8. The molecule has 12 nitrogen and oxygen atoms in total. The van der Waals surface area contributed by atoms with Gasteiger partial charge in [-0.05, 0) is 114 Å². The van der Waals surface area contributed by atoms with Gasteiger partial charge in [-0.3, -0.25) is 9.59 Å². The summed E-state index contributed by atoms with van der Waals surface area (Å²) in [5.74, 6) is -0.388. The summed E-state index contributed by atoms with van der Waals surface area (Å²) in [5, 5.41) is 13.2. The number of nitrogens with zero attached hydrogens (tertiary/aromatic N) is 2. The Balaban J connectivity index is 1.79. The lowest BCUT2D eigenvalue weighted by Crippen LogP contribution is -2.54. The lowest BCUT2D eigenvalue weighted by Gasteiger charge is -2.40. The summed E-state index contributed by atoms with van der Waals surface area (Å²) in [5.41, 5.74) is -0.0607. The van der Waals surface area contributed by atoms with E-state index < -0.39 is 47.2 Å². The van der Waals surface area contributed by atoms with Crippen LogP contribution in [0.1, 0.15) is 122 Å². The summed E-state index contributed by atoms with van der Waals surface area (Å²) in [6, 6.07) is -0.606. The first-order valence-corrected chi connectivity index (χ1v) is 18.7. The van der Waals surface area contributed by atoms with E-state index in [9.17, 15) is 19.5 Å². The van der Waals surface area contributed by atoms with Crippen molar-refractivity contribution in [3.05, 3.63) is 22.3 Å². The molecule has 0 aromatic heterocycles. The zero-order valence-corrected chi connectivity index (χ0v) is 33.7. The minimum absolute atomic E-state index is 0.0611. The Morgan fingerprint density at radius 2 is 1.49 bits per heavy atom. The predicted octanol–water partition coefficient (Wildman–Crippen LogP) is 5.36. The molecule has 0 aliphatic carbocycles. The molecule has 0 radical (unpaired) electrons. The highest BCUT2D eigenvalue weighted by atomic mass is 16.7. The average Bonchev–Trinajstić information content (AvgIpc) is 3.27. The summed E-state index contributed by atoms with van der Waals surface area (Å²) in [4.78, 5) is 42.6. The third-order valence-electron chi connectivity index (χ3n) is 10.4. The van der Waals surface area contributed by atoms with E-state index in [0.717, 1.165) is 24.8 Å². The van der Waals surface area contributed by atoms with Gasteiger partial charge in [-0.25, -0.2) is 4.79 Å². The first-order chi connectivity index (χ1) is 23.4. The van der Waals surface area contributed by atoms with Crippen molar-refractivity contribution in [3.63, 3.8) is 0 Å². The van der Waals surface area contributed by atoms with Gasteiger partial charge in [0.05, 0.1) is 24.8 Å². The van der Waals surface area contributed by atoms with Crippen molar-refractivity contribution in [1.82, 2.24) is 15.1 Å². The second-order valence-corrected chi connectivity index (χ2v) is 17.0. The van der Waals surface area contributed by atoms with E-state index >= 15 is 0 Å². The van der Waals surface area contributed by atoms with Crippen LogP contribution in [0.25, 0.3) is 0 Å².